The molecule has 154 valence electrons. The number of hydrogen-bond donors (Lipinski definition) is 0. The third kappa shape index (κ3) is 4.08. The number of halogens is 1. The van der Waals surface area contributed by atoms with Crippen molar-refractivity contribution in [3.05, 3.63) is 93.7 Å². The Bertz CT molecular complexity index is 1290. The van der Waals surface area contributed by atoms with Crippen molar-refractivity contribution in [1.82, 2.24) is 9.97 Å². The quantitative estimate of drug-likeness (QED) is 0.283. The lowest BCUT2D eigenvalue weighted by atomic mass is 9.94. The zero-order valence-corrected chi connectivity index (χ0v) is 19.7. The van der Waals surface area contributed by atoms with Crippen LogP contribution in [-0.4, -0.2) is 9.97 Å². The molecule has 0 aliphatic carbocycles. The molecule has 5 heteroatoms. The van der Waals surface area contributed by atoms with Crippen LogP contribution in [0.5, 0.6) is 0 Å². The Labute approximate surface area is 194 Å². The van der Waals surface area contributed by atoms with Gasteiger partial charge in [0.05, 0.1) is 10.4 Å². The molecule has 2 aromatic carbocycles. The van der Waals surface area contributed by atoms with Crippen molar-refractivity contribution >= 4 is 60.6 Å². The Morgan fingerprint density at radius 2 is 1.87 bits per heavy atom. The van der Waals surface area contributed by atoms with Gasteiger partial charge in [0.2, 0.25) is 0 Å². The van der Waals surface area contributed by atoms with E-state index in [1.807, 2.05) is 0 Å². The van der Waals surface area contributed by atoms with E-state index in [9.17, 15) is 0 Å². The predicted molar refractivity (Wildman–Crippen MR) is 136 cm³/mol. The minimum atomic E-state index is 0.797. The monoisotopic (exact) mass is 487 g/mol. The van der Waals surface area contributed by atoms with E-state index >= 15 is 0 Å². The SMILES string of the molecule is CCCCC1=C/C(=C\c2nc3ncc(Br)cc3s2)c2ccccc2N1c1ccccc1. The molecule has 2 aromatic heterocycles. The lowest BCUT2D eigenvalue weighted by Gasteiger charge is -2.34. The minimum absolute atomic E-state index is 0.797. The number of para-hydroxylation sites is 2. The van der Waals surface area contributed by atoms with Gasteiger partial charge in [-0.25, -0.2) is 9.97 Å². The van der Waals surface area contributed by atoms with Gasteiger partial charge < -0.3 is 4.90 Å². The molecular weight excluding hydrogens is 466 g/mol. The third-order valence-electron chi connectivity index (χ3n) is 5.38. The highest BCUT2D eigenvalue weighted by molar-refractivity contribution is 9.10. The van der Waals surface area contributed by atoms with Gasteiger partial charge in [-0.1, -0.05) is 49.7 Å². The summed E-state index contributed by atoms with van der Waals surface area (Å²) in [7, 11) is 0. The number of allylic oxidation sites excluding steroid dienone is 3. The fourth-order valence-electron chi connectivity index (χ4n) is 3.94. The standard InChI is InChI=1S/C26H22BrN3S/c1-2-3-9-21-14-18(15-25-29-26-24(31-25)16-19(27)17-28-26)22-12-7-8-13-23(22)30(21)20-10-5-4-6-11-20/h4-8,10-17H,2-3,9H2,1H3/b18-15+. The van der Waals surface area contributed by atoms with Crippen LogP contribution in [0.25, 0.3) is 22.0 Å². The van der Waals surface area contributed by atoms with E-state index in [1.165, 1.54) is 34.6 Å². The lowest BCUT2D eigenvalue weighted by molar-refractivity contribution is 0.773. The van der Waals surface area contributed by atoms with Crippen LogP contribution in [0.2, 0.25) is 0 Å². The number of nitrogens with zero attached hydrogens (tertiary/aromatic N) is 3. The summed E-state index contributed by atoms with van der Waals surface area (Å²) in [5.41, 5.74) is 6.96. The fourth-order valence-corrected chi connectivity index (χ4v) is 5.34. The second kappa shape index (κ2) is 8.77. The maximum Gasteiger partial charge on any atom is 0.170 e. The molecule has 5 rings (SSSR count). The molecule has 0 N–H and O–H groups in total. The third-order valence-corrected chi connectivity index (χ3v) is 6.75. The van der Waals surface area contributed by atoms with E-state index in [1.54, 1.807) is 17.5 Å². The summed E-state index contributed by atoms with van der Waals surface area (Å²) >= 11 is 5.18. The van der Waals surface area contributed by atoms with Crippen LogP contribution in [0.3, 0.4) is 0 Å². The molecule has 0 saturated carbocycles. The molecule has 0 unspecified atom stereocenters. The number of pyridine rings is 1. The van der Waals surface area contributed by atoms with Crippen LogP contribution in [-0.2, 0) is 0 Å². The van der Waals surface area contributed by atoms with Crippen LogP contribution in [0.15, 0.2) is 83.1 Å². The zero-order chi connectivity index (χ0) is 21.2. The van der Waals surface area contributed by atoms with Crippen molar-refractivity contribution in [2.24, 2.45) is 0 Å². The van der Waals surface area contributed by atoms with Crippen LogP contribution in [0, 0.1) is 0 Å². The van der Waals surface area contributed by atoms with Gasteiger partial charge in [-0.05, 0) is 70.8 Å². The van der Waals surface area contributed by atoms with E-state index in [4.69, 9.17) is 4.98 Å². The molecule has 0 amide bonds. The smallest absolute Gasteiger partial charge is 0.170 e. The first-order valence-corrected chi connectivity index (χ1v) is 12.1. The molecule has 3 heterocycles. The fraction of sp³-hybridized carbons (Fsp3) is 0.154. The second-order valence-electron chi connectivity index (χ2n) is 7.55. The Morgan fingerprint density at radius 1 is 1.06 bits per heavy atom. The molecule has 31 heavy (non-hydrogen) atoms. The molecule has 0 atom stereocenters. The summed E-state index contributed by atoms with van der Waals surface area (Å²) in [5.74, 6) is 0. The van der Waals surface area contributed by atoms with Gasteiger partial charge >= 0.3 is 0 Å². The Balaban J connectivity index is 1.65. The van der Waals surface area contributed by atoms with E-state index in [0.717, 1.165) is 32.7 Å². The van der Waals surface area contributed by atoms with E-state index in [-0.39, 0.29) is 0 Å². The Kier molecular flexibility index (Phi) is 5.70. The zero-order valence-electron chi connectivity index (χ0n) is 17.3. The minimum Gasteiger partial charge on any atom is -0.314 e. The number of fused-ring (bicyclic) bond motifs is 2. The number of benzene rings is 2. The maximum atomic E-state index is 4.75. The highest BCUT2D eigenvalue weighted by atomic mass is 79.9. The lowest BCUT2D eigenvalue weighted by Crippen LogP contribution is -2.21. The molecule has 0 spiro atoms. The van der Waals surface area contributed by atoms with Crippen molar-refractivity contribution < 1.29 is 0 Å². The van der Waals surface area contributed by atoms with Crippen LogP contribution in [0.1, 0.15) is 36.8 Å². The molecule has 0 saturated heterocycles. The molecule has 3 nitrogen and oxygen atoms in total. The van der Waals surface area contributed by atoms with E-state index in [2.05, 4.69) is 106 Å². The number of aromatic nitrogens is 2. The Hall–Kier alpha value is -2.76. The van der Waals surface area contributed by atoms with E-state index < -0.39 is 0 Å². The van der Waals surface area contributed by atoms with Gasteiger partial charge in [-0.2, -0.15) is 0 Å². The highest BCUT2D eigenvalue weighted by Crippen LogP contribution is 2.43. The predicted octanol–water partition coefficient (Wildman–Crippen LogP) is 8.22. The molecule has 0 radical (unpaired) electrons. The first-order chi connectivity index (χ1) is 15.2. The first-order valence-electron chi connectivity index (χ1n) is 10.5. The normalized spacial score (nSPS) is 14.7. The molecule has 0 fully saturated rings. The summed E-state index contributed by atoms with van der Waals surface area (Å²) in [5, 5.41) is 0.977. The van der Waals surface area contributed by atoms with E-state index in [0.29, 0.717) is 0 Å². The number of anilines is 2. The average molecular weight is 488 g/mol. The van der Waals surface area contributed by atoms with Crippen molar-refractivity contribution in [2.75, 3.05) is 4.90 Å². The maximum absolute atomic E-state index is 4.75. The summed E-state index contributed by atoms with van der Waals surface area (Å²) in [6, 6.07) is 21.4. The average Bonchev–Trinajstić information content (AvgIpc) is 3.19. The largest absolute Gasteiger partial charge is 0.314 e. The second-order valence-corrected chi connectivity index (χ2v) is 9.53. The molecule has 1 aliphatic rings. The van der Waals surface area contributed by atoms with Gasteiger partial charge in [-0.15, -0.1) is 11.3 Å². The summed E-state index contributed by atoms with van der Waals surface area (Å²) in [4.78, 5) is 11.6. The number of rotatable bonds is 5. The summed E-state index contributed by atoms with van der Waals surface area (Å²) in [6.45, 7) is 2.24. The molecule has 0 bridgehead atoms. The summed E-state index contributed by atoms with van der Waals surface area (Å²) < 4.78 is 2.07. The number of unbranched alkanes of at least 4 members (excludes halogenated alkanes) is 1. The molecular formula is C26H22BrN3S. The van der Waals surface area contributed by atoms with Gasteiger partial charge in [0.15, 0.2) is 5.65 Å². The Morgan fingerprint density at radius 3 is 2.71 bits per heavy atom. The molecule has 4 aromatic rings. The van der Waals surface area contributed by atoms with Crippen molar-refractivity contribution in [3.8, 4) is 0 Å². The van der Waals surface area contributed by atoms with Gasteiger partial charge in [0, 0.05) is 27.6 Å². The first kappa shape index (κ1) is 20.2. The van der Waals surface area contributed by atoms with Gasteiger partial charge in [-0.3, -0.25) is 0 Å². The highest BCUT2D eigenvalue weighted by Gasteiger charge is 2.23. The van der Waals surface area contributed by atoms with Crippen LogP contribution < -0.4 is 4.90 Å². The van der Waals surface area contributed by atoms with Crippen molar-refractivity contribution in [3.63, 3.8) is 0 Å². The van der Waals surface area contributed by atoms with Crippen molar-refractivity contribution in [2.45, 2.75) is 26.2 Å². The summed E-state index contributed by atoms with van der Waals surface area (Å²) in [6.07, 6.45) is 9.69. The van der Waals surface area contributed by atoms with Crippen molar-refractivity contribution in [1.29, 1.82) is 0 Å². The topological polar surface area (TPSA) is 29.0 Å². The van der Waals surface area contributed by atoms with Crippen LogP contribution in [0.4, 0.5) is 11.4 Å². The number of hydrogen-bond acceptors (Lipinski definition) is 4. The number of thiazole rings is 1. The molecule has 1 aliphatic heterocycles. The van der Waals surface area contributed by atoms with Crippen LogP contribution >= 0.6 is 27.3 Å². The van der Waals surface area contributed by atoms with Gasteiger partial charge in [0.25, 0.3) is 0 Å². The van der Waals surface area contributed by atoms with Gasteiger partial charge in [0.1, 0.15) is 5.01 Å².